The van der Waals surface area contributed by atoms with Gasteiger partial charge in [-0.2, -0.15) is 0 Å². The Bertz CT molecular complexity index is 611. The monoisotopic (exact) mass is 262 g/mol. The van der Waals surface area contributed by atoms with Crippen LogP contribution in [0.3, 0.4) is 0 Å². The summed E-state index contributed by atoms with van der Waals surface area (Å²) in [5, 5.41) is 1.54. The number of thiazole rings is 1. The minimum Gasteiger partial charge on any atom is -0.375 e. The van der Waals surface area contributed by atoms with Gasteiger partial charge in [0.2, 0.25) is 0 Å². The third kappa shape index (κ3) is 2.27. The van der Waals surface area contributed by atoms with Gasteiger partial charge in [-0.3, -0.25) is 0 Å². The number of nitrogens with zero attached hydrogens (tertiary/aromatic N) is 2. The molecule has 0 atom stereocenters. The molecule has 0 saturated heterocycles. The molecule has 2 aromatic heterocycles. The van der Waals surface area contributed by atoms with Gasteiger partial charge in [-0.15, -0.1) is 11.3 Å². The molecule has 0 radical (unpaired) electrons. The first-order chi connectivity index (χ1) is 8.31. The molecule has 17 heavy (non-hydrogen) atoms. The molecule has 0 fully saturated rings. The Hall–Kier alpha value is -1.53. The highest BCUT2D eigenvalue weighted by atomic mass is 32.2. The van der Waals surface area contributed by atoms with Gasteiger partial charge < -0.3 is 10.7 Å². The summed E-state index contributed by atoms with van der Waals surface area (Å²) in [5.41, 5.74) is 7.65. The van der Waals surface area contributed by atoms with Crippen LogP contribution in [0.15, 0.2) is 35.6 Å². The third-order valence-corrected chi connectivity index (χ3v) is 4.22. The highest BCUT2D eigenvalue weighted by molar-refractivity contribution is 7.98. The smallest absolute Gasteiger partial charge is 0.180 e. The first kappa shape index (κ1) is 10.6. The highest BCUT2D eigenvalue weighted by Crippen LogP contribution is 2.26. The van der Waals surface area contributed by atoms with E-state index in [1.54, 1.807) is 11.8 Å². The zero-order valence-corrected chi connectivity index (χ0v) is 10.5. The van der Waals surface area contributed by atoms with Crippen LogP contribution in [0, 0.1) is 0 Å². The van der Waals surface area contributed by atoms with Crippen molar-refractivity contribution in [2.24, 2.45) is 0 Å². The Balaban J connectivity index is 1.76. The average molecular weight is 262 g/mol. The van der Waals surface area contributed by atoms with E-state index in [9.17, 15) is 0 Å². The van der Waals surface area contributed by atoms with E-state index < -0.39 is 0 Å². The number of aromatic nitrogens is 3. The number of benzene rings is 1. The number of thioether (sulfide) groups is 1. The highest BCUT2D eigenvalue weighted by Gasteiger charge is 2.04. The molecule has 2 heterocycles. The minimum atomic E-state index is 0.616. The second-order valence-electron chi connectivity index (χ2n) is 3.51. The number of aromatic amines is 1. The van der Waals surface area contributed by atoms with Gasteiger partial charge in [-0.1, -0.05) is 23.9 Å². The van der Waals surface area contributed by atoms with Crippen LogP contribution >= 0.6 is 23.1 Å². The molecule has 3 aromatic rings. The zero-order valence-electron chi connectivity index (χ0n) is 8.88. The predicted octanol–water partition coefficient (Wildman–Crippen LogP) is 2.89. The van der Waals surface area contributed by atoms with E-state index >= 15 is 0 Å². The molecule has 3 N–H and O–H groups in total. The first-order valence-corrected chi connectivity index (χ1v) is 6.89. The second kappa shape index (κ2) is 4.38. The molecule has 0 saturated carbocycles. The molecule has 0 aliphatic rings. The van der Waals surface area contributed by atoms with Crippen molar-refractivity contribution in [2.75, 3.05) is 5.73 Å². The Morgan fingerprint density at radius 1 is 1.35 bits per heavy atom. The number of rotatable bonds is 3. The summed E-state index contributed by atoms with van der Waals surface area (Å²) >= 11 is 3.18. The van der Waals surface area contributed by atoms with Crippen molar-refractivity contribution in [3.05, 3.63) is 35.3 Å². The molecule has 1 aromatic carbocycles. The quantitative estimate of drug-likeness (QED) is 0.712. The summed E-state index contributed by atoms with van der Waals surface area (Å²) in [5.74, 6) is 0.842. The maximum absolute atomic E-state index is 5.58. The molecule has 0 unspecified atom stereocenters. The summed E-state index contributed by atoms with van der Waals surface area (Å²) in [6.45, 7) is 0. The maximum atomic E-state index is 5.58. The van der Waals surface area contributed by atoms with Gasteiger partial charge in [0.1, 0.15) is 0 Å². The van der Waals surface area contributed by atoms with E-state index in [2.05, 4.69) is 15.0 Å². The zero-order chi connectivity index (χ0) is 11.7. The van der Waals surface area contributed by atoms with Crippen molar-refractivity contribution in [3.8, 4) is 0 Å². The number of fused-ring (bicyclic) bond motifs is 1. The van der Waals surface area contributed by atoms with Crippen LogP contribution in [0.1, 0.15) is 4.88 Å². The summed E-state index contributed by atoms with van der Waals surface area (Å²) < 4.78 is 0. The lowest BCUT2D eigenvalue weighted by atomic mass is 10.3. The minimum absolute atomic E-state index is 0.616. The van der Waals surface area contributed by atoms with Crippen LogP contribution in [0.2, 0.25) is 0 Å². The van der Waals surface area contributed by atoms with E-state index in [0.29, 0.717) is 5.13 Å². The molecular formula is C11H10N4S2. The molecule has 86 valence electrons. The van der Waals surface area contributed by atoms with Crippen molar-refractivity contribution >= 4 is 39.3 Å². The van der Waals surface area contributed by atoms with Crippen LogP contribution in [0.25, 0.3) is 11.0 Å². The molecular weight excluding hydrogens is 252 g/mol. The van der Waals surface area contributed by atoms with Gasteiger partial charge in [0.25, 0.3) is 0 Å². The van der Waals surface area contributed by atoms with E-state index in [4.69, 9.17) is 5.73 Å². The Kier molecular flexibility index (Phi) is 2.74. The van der Waals surface area contributed by atoms with E-state index in [1.807, 2.05) is 30.5 Å². The average Bonchev–Trinajstić information content (AvgIpc) is 2.91. The van der Waals surface area contributed by atoms with Crippen molar-refractivity contribution in [1.82, 2.24) is 15.0 Å². The SMILES string of the molecule is Nc1ncc(CSc2nc3ccccc3[nH]2)s1. The third-order valence-electron chi connectivity index (χ3n) is 2.29. The Labute approximate surface area is 106 Å². The second-order valence-corrected chi connectivity index (χ2v) is 5.62. The number of nitrogen functional groups attached to an aromatic ring is 1. The molecule has 0 aliphatic heterocycles. The number of hydrogen-bond acceptors (Lipinski definition) is 5. The number of para-hydroxylation sites is 2. The fourth-order valence-corrected chi connectivity index (χ4v) is 3.12. The summed E-state index contributed by atoms with van der Waals surface area (Å²) in [4.78, 5) is 13.0. The maximum Gasteiger partial charge on any atom is 0.180 e. The molecule has 0 aliphatic carbocycles. The van der Waals surface area contributed by atoms with Gasteiger partial charge >= 0.3 is 0 Å². The number of nitrogens with one attached hydrogen (secondary N) is 1. The standard InChI is InChI=1S/C11H10N4S2/c12-10-13-5-7(17-10)6-16-11-14-8-3-1-2-4-9(8)15-11/h1-5H,6H2,(H2,12,13)(H,14,15). The largest absolute Gasteiger partial charge is 0.375 e. The lowest BCUT2D eigenvalue weighted by Gasteiger charge is -1.92. The summed E-state index contributed by atoms with van der Waals surface area (Å²) in [7, 11) is 0. The molecule has 0 bridgehead atoms. The lowest BCUT2D eigenvalue weighted by Crippen LogP contribution is -1.77. The van der Waals surface area contributed by atoms with Crippen LogP contribution in [0.4, 0.5) is 5.13 Å². The van der Waals surface area contributed by atoms with Crippen molar-refractivity contribution in [1.29, 1.82) is 0 Å². The Morgan fingerprint density at radius 2 is 2.24 bits per heavy atom. The van der Waals surface area contributed by atoms with Gasteiger partial charge in [0.15, 0.2) is 10.3 Å². The number of nitrogens with two attached hydrogens (primary N) is 1. The summed E-state index contributed by atoms with van der Waals surface area (Å²) in [6, 6.07) is 8.01. The van der Waals surface area contributed by atoms with E-state index in [-0.39, 0.29) is 0 Å². The van der Waals surface area contributed by atoms with Gasteiger partial charge in [-0.05, 0) is 12.1 Å². The predicted molar refractivity (Wildman–Crippen MR) is 72.2 cm³/mol. The number of hydrogen-bond donors (Lipinski definition) is 2. The fraction of sp³-hybridized carbons (Fsp3) is 0.0909. The normalized spacial score (nSPS) is 11.1. The molecule has 3 rings (SSSR count). The number of imidazole rings is 1. The van der Waals surface area contributed by atoms with E-state index in [1.165, 1.54) is 11.3 Å². The molecule has 0 amide bonds. The van der Waals surface area contributed by atoms with Gasteiger partial charge in [-0.25, -0.2) is 9.97 Å². The number of H-pyrrole nitrogens is 1. The molecule has 6 heteroatoms. The van der Waals surface area contributed by atoms with Gasteiger partial charge in [0.05, 0.1) is 11.0 Å². The van der Waals surface area contributed by atoms with Crippen LogP contribution in [0.5, 0.6) is 0 Å². The van der Waals surface area contributed by atoms with Crippen LogP contribution in [-0.2, 0) is 5.75 Å². The first-order valence-electron chi connectivity index (χ1n) is 5.09. The molecule has 0 spiro atoms. The fourth-order valence-electron chi connectivity index (χ4n) is 1.53. The molecule has 4 nitrogen and oxygen atoms in total. The topological polar surface area (TPSA) is 67.6 Å². The van der Waals surface area contributed by atoms with E-state index in [0.717, 1.165) is 26.8 Å². The van der Waals surface area contributed by atoms with Gasteiger partial charge in [0, 0.05) is 16.8 Å². The van der Waals surface area contributed by atoms with Crippen molar-refractivity contribution in [2.45, 2.75) is 10.9 Å². The van der Waals surface area contributed by atoms with Crippen molar-refractivity contribution < 1.29 is 0 Å². The van der Waals surface area contributed by atoms with Crippen LogP contribution < -0.4 is 5.73 Å². The van der Waals surface area contributed by atoms with Crippen LogP contribution in [-0.4, -0.2) is 15.0 Å². The lowest BCUT2D eigenvalue weighted by molar-refractivity contribution is 1.08. The number of anilines is 1. The Morgan fingerprint density at radius 3 is 3.00 bits per heavy atom. The van der Waals surface area contributed by atoms with Crippen molar-refractivity contribution in [3.63, 3.8) is 0 Å². The summed E-state index contributed by atoms with van der Waals surface area (Å²) in [6.07, 6.45) is 1.82.